The molecule has 0 radical (unpaired) electrons. The number of nitrogens with one attached hydrogen (secondary N) is 1. The molecule has 2 fully saturated rings. The fraction of sp³-hybridized carbons (Fsp3) is 0.545. The van der Waals surface area contributed by atoms with Gasteiger partial charge in [0.15, 0.2) is 0 Å². The molecule has 2 rings (SSSR count). The number of imide groups is 1. The zero-order valence-electron chi connectivity index (χ0n) is 19.2. The molecular formula is C22H29F3N4O4. The molecule has 1 N–H and O–H groups in total. The van der Waals surface area contributed by atoms with Crippen molar-refractivity contribution in [1.82, 2.24) is 20.0 Å². The normalized spacial score (nSPS) is 19.4. The van der Waals surface area contributed by atoms with Crippen LogP contribution in [0.2, 0.25) is 0 Å². The predicted octanol–water partition coefficient (Wildman–Crippen LogP) is 2.39. The molecule has 0 aromatic carbocycles. The number of likely N-dealkylation sites (tertiary alicyclic amines) is 1. The first kappa shape index (κ1) is 26.1. The molecule has 0 aromatic heterocycles. The number of hydrogen-bond acceptors (Lipinski definition) is 4. The van der Waals surface area contributed by atoms with E-state index < -0.39 is 41.7 Å². The number of allylic oxidation sites excluding steroid dienone is 3. The first-order chi connectivity index (χ1) is 15.3. The molecule has 0 aromatic rings. The van der Waals surface area contributed by atoms with E-state index in [4.69, 9.17) is 0 Å². The predicted molar refractivity (Wildman–Crippen MR) is 115 cm³/mol. The molecule has 33 heavy (non-hydrogen) atoms. The SMILES string of the molecule is C=C(C)/C(=C\C(=CCC)C(F)(F)F)C(=O)NCC(=O)N1CCC2(CC1)C(=O)N(C)C(=O)N2C. The van der Waals surface area contributed by atoms with Gasteiger partial charge in [-0.15, -0.1) is 0 Å². The Morgan fingerprint density at radius 3 is 2.18 bits per heavy atom. The van der Waals surface area contributed by atoms with Crippen molar-refractivity contribution in [3.63, 3.8) is 0 Å². The molecule has 5 amide bonds. The summed E-state index contributed by atoms with van der Waals surface area (Å²) in [7, 11) is 2.96. The van der Waals surface area contributed by atoms with E-state index in [1.807, 2.05) is 0 Å². The maximum atomic E-state index is 13.2. The molecule has 2 aliphatic rings. The van der Waals surface area contributed by atoms with Crippen LogP contribution in [0.3, 0.4) is 0 Å². The highest BCUT2D eigenvalue weighted by atomic mass is 19.4. The second kappa shape index (κ2) is 9.80. The highest BCUT2D eigenvalue weighted by Crippen LogP contribution is 2.35. The number of nitrogens with zero attached hydrogens (tertiary/aromatic N) is 3. The smallest absolute Gasteiger partial charge is 0.343 e. The summed E-state index contributed by atoms with van der Waals surface area (Å²) in [6.07, 6.45) is -2.29. The number of carbonyl (C=O) groups is 4. The first-order valence-corrected chi connectivity index (χ1v) is 10.5. The van der Waals surface area contributed by atoms with Crippen LogP contribution in [-0.2, 0) is 14.4 Å². The fourth-order valence-corrected chi connectivity index (χ4v) is 4.00. The number of rotatable bonds is 6. The molecule has 0 bridgehead atoms. The Kier molecular flexibility index (Phi) is 7.76. The van der Waals surface area contributed by atoms with Crippen LogP contribution in [-0.4, -0.2) is 83.9 Å². The van der Waals surface area contributed by atoms with Crippen molar-refractivity contribution in [3.8, 4) is 0 Å². The lowest BCUT2D eigenvalue weighted by atomic mass is 9.86. The monoisotopic (exact) mass is 470 g/mol. The zero-order chi connectivity index (χ0) is 25.1. The van der Waals surface area contributed by atoms with Crippen LogP contribution in [0.4, 0.5) is 18.0 Å². The van der Waals surface area contributed by atoms with Crippen LogP contribution < -0.4 is 5.32 Å². The maximum absolute atomic E-state index is 13.2. The maximum Gasteiger partial charge on any atom is 0.416 e. The molecule has 11 heteroatoms. The number of alkyl halides is 3. The molecule has 8 nitrogen and oxygen atoms in total. The number of likely N-dealkylation sites (N-methyl/N-ethyl adjacent to an activating group) is 2. The summed E-state index contributed by atoms with van der Waals surface area (Å²) in [6.45, 7) is 6.51. The molecule has 2 heterocycles. The van der Waals surface area contributed by atoms with Gasteiger partial charge in [0.25, 0.3) is 11.8 Å². The Morgan fingerprint density at radius 1 is 1.18 bits per heavy atom. The summed E-state index contributed by atoms with van der Waals surface area (Å²) in [5.41, 5.74) is -2.09. The molecule has 1 spiro atoms. The Bertz CT molecular complexity index is 915. The van der Waals surface area contributed by atoms with E-state index in [1.54, 1.807) is 14.0 Å². The van der Waals surface area contributed by atoms with Crippen LogP contribution >= 0.6 is 0 Å². The van der Waals surface area contributed by atoms with E-state index in [0.717, 1.165) is 17.1 Å². The lowest BCUT2D eigenvalue weighted by molar-refractivity contribution is -0.140. The Labute approximate surface area is 190 Å². The molecule has 182 valence electrons. The number of carbonyl (C=O) groups excluding carboxylic acids is 4. The summed E-state index contributed by atoms with van der Waals surface area (Å²) in [5.74, 6) is -1.59. The van der Waals surface area contributed by atoms with Gasteiger partial charge in [0.1, 0.15) is 5.54 Å². The van der Waals surface area contributed by atoms with Gasteiger partial charge < -0.3 is 15.1 Å². The average Bonchev–Trinajstić information content (AvgIpc) is 2.90. The zero-order valence-corrected chi connectivity index (χ0v) is 19.2. The van der Waals surface area contributed by atoms with Gasteiger partial charge in [0.2, 0.25) is 5.91 Å². The number of halogens is 3. The van der Waals surface area contributed by atoms with Gasteiger partial charge >= 0.3 is 12.2 Å². The molecule has 0 aliphatic carbocycles. The number of hydrogen-bond donors (Lipinski definition) is 1. The molecule has 0 unspecified atom stereocenters. The number of amides is 5. The highest BCUT2D eigenvalue weighted by Gasteiger charge is 2.55. The van der Waals surface area contributed by atoms with Gasteiger partial charge in [-0.05, 0) is 37.8 Å². The van der Waals surface area contributed by atoms with Crippen molar-refractivity contribution in [2.75, 3.05) is 33.7 Å². The molecule has 2 saturated heterocycles. The third-order valence-corrected chi connectivity index (χ3v) is 6.02. The standard InChI is InChI=1S/C22H29F3N4O4/c1-6-7-15(22(23,24)25)12-16(14(2)3)18(31)26-13-17(30)29-10-8-21(9-11-29)19(32)27(4)20(33)28(21)5/h7,12H,2,6,8-11,13H2,1,3-5H3,(H,26,31)/b15-7?,16-12+. The van der Waals surface area contributed by atoms with Gasteiger partial charge in [0.05, 0.1) is 12.1 Å². The highest BCUT2D eigenvalue weighted by molar-refractivity contribution is 6.06. The topological polar surface area (TPSA) is 90.0 Å². The Balaban J connectivity index is 2.03. The van der Waals surface area contributed by atoms with E-state index in [0.29, 0.717) is 0 Å². The van der Waals surface area contributed by atoms with Crippen LogP contribution in [0.1, 0.15) is 33.1 Å². The lowest BCUT2D eigenvalue weighted by Gasteiger charge is -2.40. The third-order valence-electron chi connectivity index (χ3n) is 6.02. The minimum Gasteiger partial charge on any atom is -0.343 e. The van der Waals surface area contributed by atoms with E-state index in [-0.39, 0.29) is 49.4 Å². The summed E-state index contributed by atoms with van der Waals surface area (Å²) in [5, 5.41) is 2.36. The van der Waals surface area contributed by atoms with Crippen molar-refractivity contribution in [2.24, 2.45) is 0 Å². The quantitative estimate of drug-likeness (QED) is 0.367. The van der Waals surface area contributed by atoms with Crippen molar-refractivity contribution >= 4 is 23.8 Å². The second-order valence-corrected chi connectivity index (χ2v) is 8.20. The minimum absolute atomic E-state index is 0.127. The van der Waals surface area contributed by atoms with Gasteiger partial charge in [0, 0.05) is 32.8 Å². The van der Waals surface area contributed by atoms with Gasteiger partial charge in [-0.3, -0.25) is 19.3 Å². The summed E-state index contributed by atoms with van der Waals surface area (Å²) in [6, 6.07) is -0.401. The number of urea groups is 1. The Morgan fingerprint density at radius 2 is 1.76 bits per heavy atom. The third kappa shape index (κ3) is 5.28. The van der Waals surface area contributed by atoms with E-state index in [1.165, 1.54) is 23.8 Å². The Hall–Kier alpha value is -3.11. The molecule has 2 aliphatic heterocycles. The second-order valence-electron chi connectivity index (χ2n) is 8.20. The van der Waals surface area contributed by atoms with Crippen molar-refractivity contribution < 1.29 is 32.3 Å². The molecule has 0 saturated carbocycles. The number of piperidine rings is 1. The van der Waals surface area contributed by atoms with Crippen molar-refractivity contribution in [2.45, 2.75) is 44.8 Å². The van der Waals surface area contributed by atoms with Crippen molar-refractivity contribution in [1.29, 1.82) is 0 Å². The van der Waals surface area contributed by atoms with Gasteiger partial charge in [-0.1, -0.05) is 19.6 Å². The van der Waals surface area contributed by atoms with E-state index >= 15 is 0 Å². The van der Waals surface area contributed by atoms with Gasteiger partial charge in [-0.25, -0.2) is 4.79 Å². The largest absolute Gasteiger partial charge is 0.416 e. The molecule has 0 atom stereocenters. The summed E-state index contributed by atoms with van der Waals surface area (Å²) < 4.78 is 39.6. The average molecular weight is 470 g/mol. The van der Waals surface area contributed by atoms with Crippen LogP contribution in [0.5, 0.6) is 0 Å². The lowest BCUT2D eigenvalue weighted by Crippen LogP contribution is -2.57. The van der Waals surface area contributed by atoms with E-state index in [9.17, 15) is 32.3 Å². The van der Waals surface area contributed by atoms with Crippen molar-refractivity contribution in [3.05, 3.63) is 35.5 Å². The van der Waals surface area contributed by atoms with Crippen LogP contribution in [0.15, 0.2) is 35.5 Å². The summed E-state index contributed by atoms with van der Waals surface area (Å²) in [4.78, 5) is 53.6. The van der Waals surface area contributed by atoms with E-state index in [2.05, 4.69) is 11.9 Å². The van der Waals surface area contributed by atoms with Crippen LogP contribution in [0, 0.1) is 0 Å². The molecular weight excluding hydrogens is 441 g/mol. The first-order valence-electron chi connectivity index (χ1n) is 10.5. The summed E-state index contributed by atoms with van der Waals surface area (Å²) >= 11 is 0. The minimum atomic E-state index is -4.63. The fourth-order valence-electron chi connectivity index (χ4n) is 4.00. The van der Waals surface area contributed by atoms with Crippen LogP contribution in [0.25, 0.3) is 0 Å². The van der Waals surface area contributed by atoms with Gasteiger partial charge in [-0.2, -0.15) is 13.2 Å².